The van der Waals surface area contributed by atoms with E-state index in [4.69, 9.17) is 9.52 Å². The van der Waals surface area contributed by atoms with Gasteiger partial charge in [0.05, 0.1) is 5.60 Å². The van der Waals surface area contributed by atoms with Gasteiger partial charge >= 0.3 is 5.97 Å². The second-order valence-corrected chi connectivity index (χ2v) is 7.35. The number of aliphatic hydroxyl groups is 1. The quantitative estimate of drug-likeness (QED) is 0.751. The Hall–Kier alpha value is -1.38. The number of nitrogens with one attached hydrogen (secondary N) is 1. The van der Waals surface area contributed by atoms with Crippen LogP contribution in [0.5, 0.6) is 0 Å². The summed E-state index contributed by atoms with van der Waals surface area (Å²) in [4.78, 5) is 10.7. The molecule has 1 aromatic heterocycles. The van der Waals surface area contributed by atoms with Crippen molar-refractivity contribution in [3.8, 4) is 0 Å². The maximum atomic E-state index is 12.0. The average Bonchev–Trinajstić information content (AvgIpc) is 2.91. The molecule has 3 N–H and O–H groups in total. The van der Waals surface area contributed by atoms with E-state index in [0.29, 0.717) is 18.8 Å². The molecule has 0 aromatic carbocycles. The monoisotopic (exact) mass is 317 g/mol. The van der Waals surface area contributed by atoms with Gasteiger partial charge in [0.15, 0.2) is 0 Å². The van der Waals surface area contributed by atoms with Crippen LogP contribution in [0.1, 0.15) is 43.2 Å². The van der Waals surface area contributed by atoms with Gasteiger partial charge in [-0.1, -0.05) is 6.92 Å². The summed E-state index contributed by atoms with van der Waals surface area (Å²) in [5, 5.41) is 18.6. The Morgan fingerprint density at radius 3 is 2.57 bits per heavy atom. The maximum absolute atomic E-state index is 12.0. The second kappa shape index (κ2) is 5.78. The fourth-order valence-electron chi connectivity index (χ4n) is 2.36. The molecule has 1 heterocycles. The molecule has 1 fully saturated rings. The summed E-state index contributed by atoms with van der Waals surface area (Å²) in [6, 6.07) is 2.16. The fourth-order valence-corrected chi connectivity index (χ4v) is 3.40. The highest BCUT2D eigenvalue weighted by Gasteiger charge is 2.33. The van der Waals surface area contributed by atoms with Crippen LogP contribution in [-0.2, 0) is 10.0 Å². The third-order valence-corrected chi connectivity index (χ3v) is 5.13. The normalized spacial score (nSPS) is 26.7. The predicted octanol–water partition coefficient (Wildman–Crippen LogP) is 1.20. The SMILES string of the molecule is CC1CCC(O)(CNS(=O)(=O)c2ccc(C(=O)O)o2)CC1. The van der Waals surface area contributed by atoms with Gasteiger partial charge in [0.1, 0.15) is 0 Å². The summed E-state index contributed by atoms with van der Waals surface area (Å²) in [5.74, 6) is -1.25. The number of rotatable bonds is 5. The minimum atomic E-state index is -3.96. The van der Waals surface area contributed by atoms with Gasteiger partial charge in [-0.3, -0.25) is 0 Å². The van der Waals surface area contributed by atoms with Crippen LogP contribution in [0.25, 0.3) is 0 Å². The number of furan rings is 1. The predicted molar refractivity (Wildman–Crippen MR) is 73.4 cm³/mol. The standard InChI is InChI=1S/C13H19NO6S/c1-9-4-6-13(17,7-5-9)8-14-21(18,19)11-3-2-10(20-11)12(15)16/h2-3,9,14,17H,4-8H2,1H3,(H,15,16). The van der Waals surface area contributed by atoms with E-state index in [1.54, 1.807) is 0 Å². The van der Waals surface area contributed by atoms with Gasteiger partial charge in [-0.05, 0) is 43.7 Å². The molecule has 0 amide bonds. The zero-order valence-electron chi connectivity index (χ0n) is 11.7. The Morgan fingerprint density at radius 2 is 2.05 bits per heavy atom. The van der Waals surface area contributed by atoms with Crippen LogP contribution < -0.4 is 4.72 Å². The first-order chi connectivity index (χ1) is 9.72. The molecule has 1 aromatic rings. The summed E-state index contributed by atoms with van der Waals surface area (Å²) in [6.07, 6.45) is 2.77. The van der Waals surface area contributed by atoms with Crippen LogP contribution in [0.15, 0.2) is 21.6 Å². The zero-order valence-corrected chi connectivity index (χ0v) is 12.5. The molecule has 0 bridgehead atoms. The Labute approximate surface area is 123 Å². The van der Waals surface area contributed by atoms with E-state index >= 15 is 0 Å². The number of sulfonamides is 1. The van der Waals surface area contributed by atoms with Crippen LogP contribution in [-0.4, -0.2) is 36.7 Å². The number of carboxylic acids is 1. The van der Waals surface area contributed by atoms with E-state index in [0.717, 1.165) is 25.0 Å². The maximum Gasteiger partial charge on any atom is 0.371 e. The first-order valence-electron chi connectivity index (χ1n) is 6.77. The lowest BCUT2D eigenvalue weighted by molar-refractivity contribution is -0.00189. The number of carboxylic acid groups (broad SMARTS) is 1. The van der Waals surface area contributed by atoms with Crippen molar-refractivity contribution in [3.05, 3.63) is 17.9 Å². The molecular weight excluding hydrogens is 298 g/mol. The molecule has 8 heteroatoms. The van der Waals surface area contributed by atoms with Gasteiger partial charge in [-0.25, -0.2) is 17.9 Å². The van der Waals surface area contributed by atoms with Crippen molar-refractivity contribution < 1.29 is 27.8 Å². The van der Waals surface area contributed by atoms with Gasteiger partial charge < -0.3 is 14.6 Å². The highest BCUT2D eigenvalue weighted by molar-refractivity contribution is 7.89. The van der Waals surface area contributed by atoms with E-state index in [1.165, 1.54) is 0 Å². The van der Waals surface area contributed by atoms with Crippen LogP contribution in [0.4, 0.5) is 0 Å². The van der Waals surface area contributed by atoms with Crippen LogP contribution in [0.2, 0.25) is 0 Å². The first kappa shape index (κ1) is 16.0. The lowest BCUT2D eigenvalue weighted by Crippen LogP contribution is -2.45. The topological polar surface area (TPSA) is 117 Å². The molecule has 1 aliphatic carbocycles. The van der Waals surface area contributed by atoms with Crippen LogP contribution in [0, 0.1) is 5.92 Å². The van der Waals surface area contributed by atoms with Crippen LogP contribution in [0.3, 0.4) is 0 Å². The number of aromatic carboxylic acids is 1. The van der Waals surface area contributed by atoms with E-state index in [9.17, 15) is 18.3 Å². The molecule has 0 radical (unpaired) electrons. The molecule has 0 spiro atoms. The summed E-state index contributed by atoms with van der Waals surface area (Å²) in [6.45, 7) is 1.99. The fraction of sp³-hybridized carbons (Fsp3) is 0.615. The highest BCUT2D eigenvalue weighted by atomic mass is 32.2. The smallest absolute Gasteiger partial charge is 0.371 e. The van der Waals surface area contributed by atoms with Crippen molar-refractivity contribution in [1.29, 1.82) is 0 Å². The van der Waals surface area contributed by atoms with Crippen molar-refractivity contribution in [2.24, 2.45) is 5.92 Å². The summed E-state index contributed by atoms with van der Waals surface area (Å²) in [5.41, 5.74) is -1.05. The molecule has 1 saturated carbocycles. The first-order valence-corrected chi connectivity index (χ1v) is 8.25. The zero-order chi connectivity index (χ0) is 15.7. The lowest BCUT2D eigenvalue weighted by Gasteiger charge is -2.34. The average molecular weight is 317 g/mol. The van der Waals surface area contributed by atoms with Crippen molar-refractivity contribution in [3.63, 3.8) is 0 Å². The van der Waals surface area contributed by atoms with Gasteiger partial charge in [-0.2, -0.15) is 0 Å². The minimum absolute atomic E-state index is 0.106. The van der Waals surface area contributed by atoms with E-state index in [-0.39, 0.29) is 6.54 Å². The molecule has 7 nitrogen and oxygen atoms in total. The molecule has 21 heavy (non-hydrogen) atoms. The van der Waals surface area contributed by atoms with Crippen molar-refractivity contribution in [1.82, 2.24) is 4.72 Å². The van der Waals surface area contributed by atoms with Gasteiger partial charge in [0, 0.05) is 6.54 Å². The lowest BCUT2D eigenvalue weighted by atomic mass is 9.80. The van der Waals surface area contributed by atoms with Gasteiger partial charge in [0.25, 0.3) is 10.0 Å². The number of hydrogen-bond acceptors (Lipinski definition) is 5. The number of hydrogen-bond donors (Lipinski definition) is 3. The molecule has 0 aliphatic heterocycles. The summed E-state index contributed by atoms with van der Waals surface area (Å²) < 4.78 is 31.1. The molecule has 118 valence electrons. The summed E-state index contributed by atoms with van der Waals surface area (Å²) in [7, 11) is -3.96. The molecule has 0 saturated heterocycles. The largest absolute Gasteiger partial charge is 0.475 e. The Kier molecular flexibility index (Phi) is 4.40. The van der Waals surface area contributed by atoms with E-state index in [2.05, 4.69) is 11.6 Å². The number of carbonyl (C=O) groups is 1. The van der Waals surface area contributed by atoms with Crippen molar-refractivity contribution in [2.75, 3.05) is 6.54 Å². The van der Waals surface area contributed by atoms with E-state index < -0.39 is 32.4 Å². The Balaban J connectivity index is 2.02. The summed E-state index contributed by atoms with van der Waals surface area (Å²) >= 11 is 0. The van der Waals surface area contributed by atoms with Crippen molar-refractivity contribution >= 4 is 16.0 Å². The second-order valence-electron chi connectivity index (χ2n) is 5.66. The minimum Gasteiger partial charge on any atom is -0.475 e. The van der Waals surface area contributed by atoms with Gasteiger partial charge in [0.2, 0.25) is 10.9 Å². The van der Waals surface area contributed by atoms with E-state index in [1.807, 2.05) is 0 Å². The van der Waals surface area contributed by atoms with Crippen molar-refractivity contribution in [2.45, 2.75) is 43.3 Å². The third-order valence-electron chi connectivity index (χ3n) is 3.85. The van der Waals surface area contributed by atoms with Crippen LogP contribution >= 0.6 is 0 Å². The van der Waals surface area contributed by atoms with Gasteiger partial charge in [-0.15, -0.1) is 0 Å². The molecular formula is C13H19NO6S. The highest BCUT2D eigenvalue weighted by Crippen LogP contribution is 2.31. The Morgan fingerprint density at radius 1 is 1.43 bits per heavy atom. The Bertz CT molecular complexity index is 612. The third kappa shape index (κ3) is 3.84. The molecule has 0 unspecified atom stereocenters. The molecule has 1 aliphatic rings. The molecule has 0 atom stereocenters. The molecule has 2 rings (SSSR count).